The first-order chi connectivity index (χ1) is 14.4. The Morgan fingerprint density at radius 2 is 1.67 bits per heavy atom. The Bertz CT molecular complexity index is 1270. The molecule has 8 heteroatoms. The average Bonchev–Trinajstić information content (AvgIpc) is 3.24. The van der Waals surface area contributed by atoms with E-state index < -0.39 is 10.0 Å². The standard InChI is InChI=1S/C22H20N4O3S/c1-16-5-10-20(17(2)13-16)30(27,28)25-18-6-8-19(9-7-18)29-22-14-21(23-15-24-22)26-11-3-4-12-26/h3-15,25H,1-2H3. The summed E-state index contributed by atoms with van der Waals surface area (Å²) in [5.74, 6) is 1.60. The molecule has 0 saturated carbocycles. The van der Waals surface area contributed by atoms with Crippen LogP contribution in [0.15, 0.2) is 84.3 Å². The van der Waals surface area contributed by atoms with E-state index in [-0.39, 0.29) is 4.90 Å². The second-order valence-electron chi connectivity index (χ2n) is 6.81. The zero-order valence-electron chi connectivity index (χ0n) is 16.5. The lowest BCUT2D eigenvalue weighted by Gasteiger charge is -2.12. The molecule has 4 aromatic rings. The summed E-state index contributed by atoms with van der Waals surface area (Å²) >= 11 is 0. The largest absolute Gasteiger partial charge is 0.439 e. The topological polar surface area (TPSA) is 86.1 Å². The third-order valence-electron chi connectivity index (χ3n) is 4.45. The van der Waals surface area contributed by atoms with E-state index >= 15 is 0 Å². The van der Waals surface area contributed by atoms with Crippen LogP contribution in [0, 0.1) is 13.8 Å². The Morgan fingerprint density at radius 3 is 2.37 bits per heavy atom. The number of aromatic nitrogens is 3. The van der Waals surface area contributed by atoms with E-state index in [1.807, 2.05) is 42.1 Å². The van der Waals surface area contributed by atoms with Gasteiger partial charge in [0.05, 0.1) is 4.90 Å². The van der Waals surface area contributed by atoms with Gasteiger partial charge in [-0.05, 0) is 61.9 Å². The highest BCUT2D eigenvalue weighted by molar-refractivity contribution is 7.92. The fourth-order valence-corrected chi connectivity index (χ4v) is 4.32. The molecule has 2 heterocycles. The van der Waals surface area contributed by atoms with Crippen LogP contribution in [0.1, 0.15) is 11.1 Å². The number of aryl methyl sites for hydroxylation is 2. The number of hydrogen-bond acceptors (Lipinski definition) is 5. The minimum Gasteiger partial charge on any atom is -0.439 e. The molecule has 0 atom stereocenters. The summed E-state index contributed by atoms with van der Waals surface area (Å²) in [7, 11) is -3.68. The second kappa shape index (κ2) is 8.00. The van der Waals surface area contributed by atoms with Crippen LogP contribution in [-0.2, 0) is 10.0 Å². The van der Waals surface area contributed by atoms with Gasteiger partial charge in [-0.3, -0.25) is 4.72 Å². The smallest absolute Gasteiger partial charge is 0.262 e. The maximum atomic E-state index is 12.7. The molecule has 0 aliphatic heterocycles. The minimum atomic E-state index is -3.68. The second-order valence-corrected chi connectivity index (χ2v) is 8.46. The van der Waals surface area contributed by atoms with Gasteiger partial charge in [-0.25, -0.2) is 18.4 Å². The van der Waals surface area contributed by atoms with E-state index in [0.29, 0.717) is 28.7 Å². The molecule has 0 amide bonds. The predicted octanol–water partition coefficient (Wildman–Crippen LogP) is 4.48. The lowest BCUT2D eigenvalue weighted by molar-refractivity contribution is 0.461. The zero-order chi connectivity index (χ0) is 21.1. The third kappa shape index (κ3) is 4.33. The van der Waals surface area contributed by atoms with Crippen molar-refractivity contribution < 1.29 is 13.2 Å². The molecule has 152 valence electrons. The van der Waals surface area contributed by atoms with E-state index in [2.05, 4.69) is 14.7 Å². The Labute approximate surface area is 175 Å². The van der Waals surface area contributed by atoms with Crippen LogP contribution in [-0.4, -0.2) is 23.0 Å². The first kappa shape index (κ1) is 19.7. The zero-order valence-corrected chi connectivity index (χ0v) is 17.3. The van der Waals surface area contributed by atoms with Crippen LogP contribution in [0.3, 0.4) is 0 Å². The number of sulfonamides is 1. The van der Waals surface area contributed by atoms with Crippen LogP contribution < -0.4 is 9.46 Å². The quantitative estimate of drug-likeness (QED) is 0.497. The minimum absolute atomic E-state index is 0.256. The van der Waals surface area contributed by atoms with Crippen LogP contribution in [0.25, 0.3) is 5.82 Å². The molecule has 0 saturated heterocycles. The van der Waals surface area contributed by atoms with Crippen molar-refractivity contribution >= 4 is 15.7 Å². The van der Waals surface area contributed by atoms with E-state index in [1.165, 1.54) is 6.33 Å². The molecule has 0 unspecified atom stereocenters. The Balaban J connectivity index is 1.49. The molecule has 2 aromatic carbocycles. The SMILES string of the molecule is Cc1ccc(S(=O)(=O)Nc2ccc(Oc3cc(-n4cccc4)ncn3)cc2)c(C)c1. The molecule has 4 rings (SSSR count). The molecule has 0 radical (unpaired) electrons. The van der Waals surface area contributed by atoms with Crippen molar-refractivity contribution in [1.82, 2.24) is 14.5 Å². The van der Waals surface area contributed by atoms with Gasteiger partial charge < -0.3 is 9.30 Å². The summed E-state index contributed by atoms with van der Waals surface area (Å²) in [6.07, 6.45) is 5.18. The van der Waals surface area contributed by atoms with E-state index in [0.717, 1.165) is 5.56 Å². The van der Waals surface area contributed by atoms with Crippen molar-refractivity contribution in [2.24, 2.45) is 0 Å². The van der Waals surface area contributed by atoms with Crippen molar-refractivity contribution in [2.45, 2.75) is 18.7 Å². The van der Waals surface area contributed by atoms with Crippen LogP contribution >= 0.6 is 0 Å². The molecule has 0 aliphatic carbocycles. The lowest BCUT2D eigenvalue weighted by atomic mass is 10.2. The molecule has 0 spiro atoms. The number of rotatable bonds is 6. The summed E-state index contributed by atoms with van der Waals surface area (Å²) in [6.45, 7) is 3.71. The van der Waals surface area contributed by atoms with Crippen molar-refractivity contribution in [3.8, 4) is 17.4 Å². The summed E-state index contributed by atoms with van der Waals surface area (Å²) in [5.41, 5.74) is 2.15. The fourth-order valence-electron chi connectivity index (χ4n) is 3.04. The number of ether oxygens (including phenoxy) is 1. The number of anilines is 1. The summed E-state index contributed by atoms with van der Waals surface area (Å²) in [6, 6.07) is 17.4. The van der Waals surface area contributed by atoms with E-state index in [9.17, 15) is 8.42 Å². The van der Waals surface area contributed by atoms with Crippen LogP contribution in [0.4, 0.5) is 5.69 Å². The molecular weight excluding hydrogens is 400 g/mol. The first-order valence-corrected chi connectivity index (χ1v) is 10.7. The Hall–Kier alpha value is -3.65. The molecular formula is C22H20N4O3S. The summed E-state index contributed by atoms with van der Waals surface area (Å²) in [5, 5.41) is 0. The van der Waals surface area contributed by atoms with Crippen molar-refractivity contribution in [3.05, 3.63) is 90.5 Å². The van der Waals surface area contributed by atoms with Crippen molar-refractivity contribution in [1.29, 1.82) is 0 Å². The fraction of sp³-hybridized carbons (Fsp3) is 0.0909. The van der Waals surface area contributed by atoms with Gasteiger partial charge in [0.15, 0.2) is 0 Å². The molecule has 30 heavy (non-hydrogen) atoms. The van der Waals surface area contributed by atoms with Gasteiger partial charge in [0.1, 0.15) is 17.9 Å². The molecule has 2 aromatic heterocycles. The number of nitrogens with one attached hydrogen (secondary N) is 1. The van der Waals surface area contributed by atoms with Gasteiger partial charge >= 0.3 is 0 Å². The maximum Gasteiger partial charge on any atom is 0.262 e. The van der Waals surface area contributed by atoms with Crippen LogP contribution in [0.5, 0.6) is 11.6 Å². The average molecular weight is 420 g/mol. The molecule has 0 aliphatic rings. The van der Waals surface area contributed by atoms with Gasteiger partial charge in [-0.1, -0.05) is 17.7 Å². The first-order valence-electron chi connectivity index (χ1n) is 9.24. The summed E-state index contributed by atoms with van der Waals surface area (Å²) in [4.78, 5) is 8.60. The van der Waals surface area contributed by atoms with Crippen LogP contribution in [0.2, 0.25) is 0 Å². The monoisotopic (exact) mass is 420 g/mol. The van der Waals surface area contributed by atoms with Gasteiger partial charge in [0.2, 0.25) is 5.88 Å². The maximum absolute atomic E-state index is 12.7. The van der Waals surface area contributed by atoms with E-state index in [1.54, 1.807) is 49.4 Å². The van der Waals surface area contributed by atoms with Gasteiger partial charge in [0.25, 0.3) is 10.0 Å². The van der Waals surface area contributed by atoms with Gasteiger partial charge in [0, 0.05) is 24.1 Å². The van der Waals surface area contributed by atoms with E-state index in [4.69, 9.17) is 4.74 Å². The molecule has 7 nitrogen and oxygen atoms in total. The highest BCUT2D eigenvalue weighted by Gasteiger charge is 2.17. The Morgan fingerprint density at radius 1 is 0.933 bits per heavy atom. The molecule has 1 N–H and O–H groups in total. The Kier molecular flexibility index (Phi) is 5.24. The van der Waals surface area contributed by atoms with Gasteiger partial charge in [-0.15, -0.1) is 0 Å². The van der Waals surface area contributed by atoms with Gasteiger partial charge in [-0.2, -0.15) is 0 Å². The lowest BCUT2D eigenvalue weighted by Crippen LogP contribution is -2.14. The number of hydrogen-bond donors (Lipinski definition) is 1. The number of benzene rings is 2. The van der Waals surface area contributed by atoms with Crippen molar-refractivity contribution in [2.75, 3.05) is 4.72 Å². The highest BCUT2D eigenvalue weighted by Crippen LogP contribution is 2.25. The predicted molar refractivity (Wildman–Crippen MR) is 115 cm³/mol. The normalized spacial score (nSPS) is 11.3. The summed E-state index contributed by atoms with van der Waals surface area (Å²) < 4.78 is 35.6. The molecule has 0 bridgehead atoms. The van der Waals surface area contributed by atoms with Crippen molar-refractivity contribution in [3.63, 3.8) is 0 Å². The molecule has 0 fully saturated rings. The third-order valence-corrected chi connectivity index (χ3v) is 5.99. The highest BCUT2D eigenvalue weighted by atomic mass is 32.2. The number of nitrogens with zero attached hydrogens (tertiary/aromatic N) is 3.